The van der Waals surface area contributed by atoms with Gasteiger partial charge in [0.2, 0.25) is 8.32 Å². The summed E-state index contributed by atoms with van der Waals surface area (Å²) < 4.78 is 18.0. The van der Waals surface area contributed by atoms with Gasteiger partial charge in [-0.2, -0.15) is 0 Å². The molecule has 0 radical (unpaired) electrons. The minimum atomic E-state index is -2.13. The molecule has 0 N–H and O–H groups in total. The molecular weight excluding hydrogens is 777 g/mol. The third-order valence-electron chi connectivity index (χ3n) is 10.1. The van der Waals surface area contributed by atoms with Crippen molar-refractivity contribution in [3.8, 4) is 0 Å². The van der Waals surface area contributed by atoms with E-state index < -0.39 is 33.1 Å². The molecule has 2 nitrogen and oxygen atoms in total. The fourth-order valence-corrected chi connectivity index (χ4v) is 16.8. The fraction of sp³-hybridized carbons (Fsp3) is 0.261. The Morgan fingerprint density at radius 2 is 0.981 bits per heavy atom. The van der Waals surface area contributed by atoms with Crippen LogP contribution in [0.25, 0.3) is 12.2 Å². The summed E-state index contributed by atoms with van der Waals surface area (Å²) in [4.78, 5) is 0. The van der Waals surface area contributed by atoms with Crippen molar-refractivity contribution < 1.29 is 8.89 Å². The molecule has 0 aliphatic carbocycles. The van der Waals surface area contributed by atoms with Crippen molar-refractivity contribution in [3.05, 3.63) is 173 Å². The van der Waals surface area contributed by atoms with Gasteiger partial charge in [-0.05, 0) is 84.6 Å². The Morgan fingerprint density at radius 1 is 0.585 bits per heavy atom. The second-order valence-electron chi connectivity index (χ2n) is 15.6. The first-order valence-corrected chi connectivity index (χ1v) is 31.0. The average Bonchev–Trinajstić information content (AvgIpc) is 3.14. The molecule has 2 atom stereocenters. The topological polar surface area (TPSA) is 26.3 Å². The van der Waals surface area contributed by atoms with E-state index in [2.05, 4.69) is 219 Å². The first-order chi connectivity index (χ1) is 25.2. The zero-order chi connectivity index (χ0) is 38.5. The Labute approximate surface area is 333 Å². The summed E-state index contributed by atoms with van der Waals surface area (Å²) in [6.07, 6.45) is 11.2. The molecule has 0 amide bonds. The predicted octanol–water partition coefficient (Wildman–Crippen LogP) is 11.5. The van der Waals surface area contributed by atoms with Crippen LogP contribution in [-0.2, 0) is 8.89 Å². The van der Waals surface area contributed by atoms with Gasteiger partial charge in [-0.3, -0.25) is 0 Å². The smallest absolute Gasteiger partial charge is 0.270 e. The molecule has 53 heavy (non-hydrogen) atoms. The van der Waals surface area contributed by atoms with Crippen LogP contribution in [0.5, 0.6) is 0 Å². The summed E-state index contributed by atoms with van der Waals surface area (Å²) in [6.45, 7) is 18.1. The summed E-state index contributed by atoms with van der Waals surface area (Å²) in [5.41, 5.74) is 4.49. The van der Waals surface area contributed by atoms with E-state index in [0.29, 0.717) is 5.54 Å². The Balaban J connectivity index is 0.00000149. The predicted molar refractivity (Wildman–Crippen MR) is 244 cm³/mol. The van der Waals surface area contributed by atoms with Gasteiger partial charge >= 0.3 is 0 Å². The average molecular weight is 834 g/mol. The SMILES string of the molecule is C[Si](C)(OC(C/C=C\c1cc(Br)cc(/C=C\CC(c2ccccc2)[Si](C)(C)c2ccccc2)c1)[Si](C)(C)c1ccccc1)c1ccccc1.C[Si](C)=O. The standard InChI is InChI=1S/C44H51BrOSi3.C2H6OSi/c1-47(2,40-25-13-8-14-26-40)43(38-23-11-7-12-24-38)31-19-21-36-33-37(35-39(45)34-36)22-20-32-44(48(3,4)41-27-15-9-16-28-41)46-49(5,6)42-29-17-10-18-30-42;1-4(2)3/h7-30,33-35,43-44H,31-32H2,1-6H3;1-2H3/b21-19-,22-20-;. The summed E-state index contributed by atoms with van der Waals surface area (Å²) in [6, 6.07) is 50.8. The summed E-state index contributed by atoms with van der Waals surface area (Å²) in [5.74, 6) is 0. The third kappa shape index (κ3) is 12.6. The van der Waals surface area contributed by atoms with Gasteiger partial charge in [0.15, 0.2) is 0 Å². The normalized spacial score (nSPS) is 13.4. The zero-order valence-electron chi connectivity index (χ0n) is 32.9. The highest BCUT2D eigenvalue weighted by molar-refractivity contribution is 9.10. The van der Waals surface area contributed by atoms with Crippen LogP contribution in [0.2, 0.25) is 52.4 Å². The van der Waals surface area contributed by atoms with Gasteiger partial charge in [0.1, 0.15) is 8.07 Å². The van der Waals surface area contributed by atoms with Gasteiger partial charge < -0.3 is 8.89 Å². The van der Waals surface area contributed by atoms with Crippen LogP contribution in [0.15, 0.2) is 156 Å². The van der Waals surface area contributed by atoms with Crippen LogP contribution in [-0.4, -0.2) is 38.9 Å². The Morgan fingerprint density at radius 3 is 1.45 bits per heavy atom. The number of hydrogen-bond donors (Lipinski definition) is 0. The molecule has 0 heterocycles. The molecule has 0 aliphatic heterocycles. The first kappa shape index (κ1) is 42.4. The van der Waals surface area contributed by atoms with Gasteiger partial charge in [0.05, 0.1) is 8.07 Å². The van der Waals surface area contributed by atoms with E-state index in [0.717, 1.165) is 17.3 Å². The lowest BCUT2D eigenvalue weighted by Gasteiger charge is -2.38. The van der Waals surface area contributed by atoms with E-state index in [1.165, 1.54) is 32.3 Å². The highest BCUT2D eigenvalue weighted by Gasteiger charge is 2.39. The quantitative estimate of drug-likeness (QED) is 0.104. The molecule has 0 saturated carbocycles. The van der Waals surface area contributed by atoms with Crippen molar-refractivity contribution in [3.63, 3.8) is 0 Å². The maximum absolute atomic E-state index is 9.63. The number of allylic oxidation sites excluding steroid dienone is 1. The van der Waals surface area contributed by atoms with Crippen molar-refractivity contribution in [1.82, 2.24) is 0 Å². The number of halogens is 1. The van der Waals surface area contributed by atoms with Gasteiger partial charge in [-0.1, -0.05) is 198 Å². The van der Waals surface area contributed by atoms with E-state index in [4.69, 9.17) is 4.43 Å². The van der Waals surface area contributed by atoms with Crippen molar-refractivity contribution >= 4 is 76.8 Å². The molecule has 5 rings (SSSR count). The molecule has 276 valence electrons. The van der Waals surface area contributed by atoms with Crippen molar-refractivity contribution in [1.29, 1.82) is 0 Å². The second kappa shape index (κ2) is 19.8. The molecular formula is C46H57BrO2Si4. The van der Waals surface area contributed by atoms with Crippen LogP contribution < -0.4 is 15.6 Å². The van der Waals surface area contributed by atoms with Gasteiger partial charge in [0, 0.05) is 10.2 Å². The Hall–Kier alpha value is -3.31. The second-order valence-corrected chi connectivity index (χ2v) is 31.6. The molecule has 0 spiro atoms. The van der Waals surface area contributed by atoms with Crippen molar-refractivity contribution in [2.45, 2.75) is 76.5 Å². The Bertz CT molecular complexity index is 1920. The van der Waals surface area contributed by atoms with E-state index in [1.807, 2.05) is 0 Å². The molecule has 0 bridgehead atoms. The highest BCUT2D eigenvalue weighted by atomic mass is 79.9. The third-order valence-corrected chi connectivity index (χ3v) is 21.3. The number of hydrogen-bond acceptors (Lipinski definition) is 2. The summed E-state index contributed by atoms with van der Waals surface area (Å²) >= 11 is 3.81. The van der Waals surface area contributed by atoms with Crippen LogP contribution >= 0.6 is 15.9 Å². The molecule has 5 aromatic rings. The lowest BCUT2D eigenvalue weighted by Crippen LogP contribution is -2.59. The van der Waals surface area contributed by atoms with E-state index in [1.54, 1.807) is 13.1 Å². The van der Waals surface area contributed by atoms with Crippen molar-refractivity contribution in [2.24, 2.45) is 0 Å². The van der Waals surface area contributed by atoms with E-state index in [-0.39, 0.29) is 5.73 Å². The number of benzene rings is 5. The summed E-state index contributed by atoms with van der Waals surface area (Å²) in [5, 5.41) is 4.28. The molecule has 0 aromatic heterocycles. The Kier molecular flexibility index (Phi) is 15.9. The van der Waals surface area contributed by atoms with Gasteiger partial charge in [-0.25, -0.2) is 0 Å². The molecule has 5 aromatic carbocycles. The number of rotatable bonds is 14. The monoisotopic (exact) mass is 832 g/mol. The molecule has 0 aliphatic rings. The molecule has 2 unspecified atom stereocenters. The maximum Gasteiger partial charge on any atom is 0.270 e. The zero-order valence-corrected chi connectivity index (χ0v) is 38.4. The maximum atomic E-state index is 9.63. The lowest BCUT2D eigenvalue weighted by molar-refractivity contribution is 0.271. The first-order valence-electron chi connectivity index (χ1n) is 18.7. The van der Waals surface area contributed by atoms with E-state index >= 15 is 0 Å². The lowest BCUT2D eigenvalue weighted by atomic mass is 10.1. The summed E-state index contributed by atoms with van der Waals surface area (Å²) in [7, 11) is -7.02. The fourth-order valence-electron chi connectivity index (χ4n) is 6.90. The van der Waals surface area contributed by atoms with Gasteiger partial charge in [0.25, 0.3) is 8.68 Å². The minimum absolute atomic E-state index is 0.159. The molecule has 7 heteroatoms. The van der Waals surface area contributed by atoms with Crippen LogP contribution in [0.1, 0.15) is 35.1 Å². The van der Waals surface area contributed by atoms with Crippen LogP contribution in [0.3, 0.4) is 0 Å². The van der Waals surface area contributed by atoms with Crippen molar-refractivity contribution in [2.75, 3.05) is 0 Å². The van der Waals surface area contributed by atoms with Crippen LogP contribution in [0, 0.1) is 0 Å². The minimum Gasteiger partial charge on any atom is -0.412 e. The van der Waals surface area contributed by atoms with E-state index in [9.17, 15) is 4.46 Å². The largest absolute Gasteiger partial charge is 0.412 e. The molecule has 0 saturated heterocycles. The van der Waals surface area contributed by atoms with Crippen LogP contribution in [0.4, 0.5) is 0 Å². The molecule has 0 fully saturated rings. The highest BCUT2D eigenvalue weighted by Crippen LogP contribution is 2.31. The van der Waals surface area contributed by atoms with Gasteiger partial charge in [-0.15, -0.1) is 0 Å².